The van der Waals surface area contributed by atoms with E-state index < -0.39 is 0 Å². The molecule has 1 aliphatic heterocycles. The van der Waals surface area contributed by atoms with Crippen LogP contribution in [0.4, 0.5) is 0 Å². The van der Waals surface area contributed by atoms with Crippen molar-refractivity contribution < 1.29 is 9.90 Å². The van der Waals surface area contributed by atoms with Crippen molar-refractivity contribution in [1.82, 2.24) is 9.80 Å². The van der Waals surface area contributed by atoms with Crippen LogP contribution in [-0.2, 0) is 11.3 Å². The zero-order valence-electron chi connectivity index (χ0n) is 13.7. The molecule has 0 spiro atoms. The summed E-state index contributed by atoms with van der Waals surface area (Å²) >= 11 is 0. The van der Waals surface area contributed by atoms with Gasteiger partial charge in [0.2, 0.25) is 5.91 Å². The van der Waals surface area contributed by atoms with Gasteiger partial charge in [0.15, 0.2) is 0 Å². The number of aliphatic hydroxyl groups is 1. The van der Waals surface area contributed by atoms with E-state index in [0.29, 0.717) is 13.1 Å². The third-order valence-corrected chi connectivity index (χ3v) is 4.44. The van der Waals surface area contributed by atoms with Crippen LogP contribution in [0.1, 0.15) is 38.7 Å². The molecule has 1 heterocycles. The van der Waals surface area contributed by atoms with Crippen molar-refractivity contribution in [2.45, 2.75) is 51.7 Å². The predicted molar refractivity (Wildman–Crippen MR) is 88.4 cm³/mol. The number of benzene rings is 1. The average Bonchev–Trinajstić information content (AvgIpc) is 2.53. The lowest BCUT2D eigenvalue weighted by molar-refractivity contribution is -0.136. The molecule has 1 unspecified atom stereocenters. The highest BCUT2D eigenvalue weighted by molar-refractivity contribution is 5.78. The molecule has 4 heteroatoms. The van der Waals surface area contributed by atoms with Gasteiger partial charge in [-0.3, -0.25) is 9.69 Å². The summed E-state index contributed by atoms with van der Waals surface area (Å²) in [5.74, 6) is 0.152. The Morgan fingerprint density at radius 3 is 2.68 bits per heavy atom. The van der Waals surface area contributed by atoms with Gasteiger partial charge in [-0.2, -0.15) is 0 Å². The minimum atomic E-state index is 0.142. The number of rotatable bonds is 6. The van der Waals surface area contributed by atoms with Crippen molar-refractivity contribution in [3.8, 4) is 0 Å². The van der Waals surface area contributed by atoms with Crippen LogP contribution in [0.2, 0.25) is 0 Å². The third-order valence-electron chi connectivity index (χ3n) is 4.44. The maximum absolute atomic E-state index is 12.7. The number of carbonyl (C=O) groups excluding carboxylic acids is 1. The van der Waals surface area contributed by atoms with Gasteiger partial charge in [0, 0.05) is 18.6 Å². The number of carbonyl (C=O) groups is 1. The Morgan fingerprint density at radius 1 is 1.32 bits per heavy atom. The predicted octanol–water partition coefficient (Wildman–Crippen LogP) is 2.27. The van der Waals surface area contributed by atoms with Crippen LogP contribution in [0.25, 0.3) is 0 Å². The Labute approximate surface area is 133 Å². The first-order chi connectivity index (χ1) is 10.6. The van der Waals surface area contributed by atoms with Gasteiger partial charge in [0.05, 0.1) is 13.2 Å². The number of hydrogen-bond donors (Lipinski definition) is 1. The Balaban J connectivity index is 2.00. The van der Waals surface area contributed by atoms with E-state index in [4.69, 9.17) is 0 Å². The summed E-state index contributed by atoms with van der Waals surface area (Å²) in [4.78, 5) is 16.8. The monoisotopic (exact) mass is 304 g/mol. The molecule has 0 radical (unpaired) electrons. The molecule has 1 atom stereocenters. The second kappa shape index (κ2) is 8.30. The standard InChI is InChI=1S/C18H28N2O2/c1-15(2)20(12-16-8-4-3-5-9-16)18(22)13-19-11-7-6-10-17(19)14-21/h3-5,8-9,15,17,21H,6-7,10-14H2,1-2H3. The molecule has 0 aliphatic carbocycles. The zero-order valence-corrected chi connectivity index (χ0v) is 13.7. The highest BCUT2D eigenvalue weighted by atomic mass is 16.3. The lowest BCUT2D eigenvalue weighted by Crippen LogP contribution is -2.49. The number of amides is 1. The molecule has 1 N–H and O–H groups in total. The molecule has 2 rings (SSSR count). The van der Waals surface area contributed by atoms with Gasteiger partial charge >= 0.3 is 0 Å². The molecule has 1 aromatic rings. The molecule has 4 nitrogen and oxygen atoms in total. The number of hydrogen-bond acceptors (Lipinski definition) is 3. The highest BCUT2D eigenvalue weighted by Gasteiger charge is 2.26. The number of likely N-dealkylation sites (tertiary alicyclic amines) is 1. The molecule has 1 fully saturated rings. The summed E-state index contributed by atoms with van der Waals surface area (Å²) in [6.07, 6.45) is 3.25. The lowest BCUT2D eigenvalue weighted by Gasteiger charge is -2.36. The van der Waals surface area contributed by atoms with Crippen molar-refractivity contribution in [1.29, 1.82) is 0 Å². The first-order valence-corrected chi connectivity index (χ1v) is 8.30. The van der Waals surface area contributed by atoms with Crippen LogP contribution in [-0.4, -0.2) is 52.6 Å². The van der Waals surface area contributed by atoms with Crippen LogP contribution in [0.5, 0.6) is 0 Å². The quantitative estimate of drug-likeness (QED) is 0.877. The van der Waals surface area contributed by atoms with Gasteiger partial charge in [-0.25, -0.2) is 0 Å². The maximum atomic E-state index is 12.7. The van der Waals surface area contributed by atoms with Crippen molar-refractivity contribution in [3.63, 3.8) is 0 Å². The fourth-order valence-corrected chi connectivity index (χ4v) is 3.08. The molecular formula is C18H28N2O2. The Hall–Kier alpha value is -1.39. The lowest BCUT2D eigenvalue weighted by atomic mass is 10.0. The van der Waals surface area contributed by atoms with Crippen LogP contribution in [0.15, 0.2) is 30.3 Å². The average molecular weight is 304 g/mol. The number of nitrogens with zero attached hydrogens (tertiary/aromatic N) is 2. The van der Waals surface area contributed by atoms with Gasteiger partial charge in [-0.05, 0) is 38.8 Å². The first-order valence-electron chi connectivity index (χ1n) is 8.30. The van der Waals surface area contributed by atoms with Crippen LogP contribution >= 0.6 is 0 Å². The van der Waals surface area contributed by atoms with Gasteiger partial charge in [-0.1, -0.05) is 36.8 Å². The topological polar surface area (TPSA) is 43.8 Å². The van der Waals surface area contributed by atoms with E-state index in [1.54, 1.807) is 0 Å². The normalized spacial score (nSPS) is 19.4. The molecule has 1 saturated heterocycles. The molecular weight excluding hydrogens is 276 g/mol. The largest absolute Gasteiger partial charge is 0.395 e. The van der Waals surface area contributed by atoms with Gasteiger partial charge in [0.1, 0.15) is 0 Å². The van der Waals surface area contributed by atoms with Crippen LogP contribution < -0.4 is 0 Å². The Bertz CT molecular complexity index is 461. The third kappa shape index (κ3) is 4.55. The maximum Gasteiger partial charge on any atom is 0.237 e. The summed E-state index contributed by atoms with van der Waals surface area (Å²) in [5.41, 5.74) is 1.15. The van der Waals surface area contributed by atoms with E-state index in [9.17, 15) is 9.90 Å². The minimum absolute atomic E-state index is 0.142. The fraction of sp³-hybridized carbons (Fsp3) is 0.611. The summed E-state index contributed by atoms with van der Waals surface area (Å²) in [6, 6.07) is 10.4. The molecule has 0 saturated carbocycles. The summed E-state index contributed by atoms with van der Waals surface area (Å²) in [5, 5.41) is 9.49. The van der Waals surface area contributed by atoms with E-state index in [1.165, 1.54) is 0 Å². The Morgan fingerprint density at radius 2 is 2.05 bits per heavy atom. The van der Waals surface area contributed by atoms with Gasteiger partial charge < -0.3 is 10.0 Å². The van der Waals surface area contributed by atoms with Crippen molar-refractivity contribution >= 4 is 5.91 Å². The smallest absolute Gasteiger partial charge is 0.237 e. The van der Waals surface area contributed by atoms with Crippen molar-refractivity contribution in [2.75, 3.05) is 19.7 Å². The van der Waals surface area contributed by atoms with E-state index in [-0.39, 0.29) is 24.6 Å². The number of piperidine rings is 1. The molecule has 122 valence electrons. The first kappa shape index (κ1) is 17.0. The second-order valence-corrected chi connectivity index (χ2v) is 6.40. The molecule has 1 amide bonds. The zero-order chi connectivity index (χ0) is 15.9. The minimum Gasteiger partial charge on any atom is -0.395 e. The Kier molecular flexibility index (Phi) is 6.40. The fourth-order valence-electron chi connectivity index (χ4n) is 3.08. The van der Waals surface area contributed by atoms with E-state index in [1.807, 2.05) is 23.1 Å². The van der Waals surface area contributed by atoms with Crippen LogP contribution in [0.3, 0.4) is 0 Å². The molecule has 0 bridgehead atoms. The highest BCUT2D eigenvalue weighted by Crippen LogP contribution is 2.17. The number of aliphatic hydroxyl groups excluding tert-OH is 1. The molecule has 1 aromatic carbocycles. The summed E-state index contributed by atoms with van der Waals surface area (Å²) in [6.45, 7) is 6.23. The van der Waals surface area contributed by atoms with E-state index in [2.05, 4.69) is 30.9 Å². The summed E-state index contributed by atoms with van der Waals surface area (Å²) in [7, 11) is 0. The van der Waals surface area contributed by atoms with E-state index >= 15 is 0 Å². The van der Waals surface area contributed by atoms with E-state index in [0.717, 1.165) is 31.4 Å². The van der Waals surface area contributed by atoms with Crippen LogP contribution in [0, 0.1) is 0 Å². The second-order valence-electron chi connectivity index (χ2n) is 6.40. The van der Waals surface area contributed by atoms with Crippen molar-refractivity contribution in [3.05, 3.63) is 35.9 Å². The molecule has 22 heavy (non-hydrogen) atoms. The van der Waals surface area contributed by atoms with Gasteiger partial charge in [-0.15, -0.1) is 0 Å². The summed E-state index contributed by atoms with van der Waals surface area (Å²) < 4.78 is 0. The van der Waals surface area contributed by atoms with Crippen molar-refractivity contribution in [2.24, 2.45) is 0 Å². The SMILES string of the molecule is CC(C)N(Cc1ccccc1)C(=O)CN1CCCCC1CO. The van der Waals surface area contributed by atoms with Gasteiger partial charge in [0.25, 0.3) is 0 Å². The molecule has 0 aromatic heterocycles. The molecule has 1 aliphatic rings.